The highest BCUT2D eigenvalue weighted by atomic mass is 16.6. The normalized spacial score (nSPS) is 12.2. The average molecular weight is 354 g/mol. The molecule has 2 aromatic carbocycles. The number of hydrogen-bond donors (Lipinski definition) is 2. The lowest BCUT2D eigenvalue weighted by atomic mass is 9.98. The lowest BCUT2D eigenvalue weighted by Gasteiger charge is -2.20. The Labute approximate surface area is 150 Å². The standard InChI is InChI=1S/C19H18N2O5/c20-17(22)9-21(10-18(23)24)19(25)26-11-16-14-7-3-1-5-12(14)13-6-2-4-8-15(13)16/h1-8,16H,9-11H2,(H2,20,22)(H,23,24). The van der Waals surface area contributed by atoms with Gasteiger partial charge in [0.05, 0.1) is 0 Å². The van der Waals surface area contributed by atoms with Gasteiger partial charge >= 0.3 is 12.1 Å². The van der Waals surface area contributed by atoms with Crippen LogP contribution in [-0.2, 0) is 14.3 Å². The highest BCUT2D eigenvalue weighted by Gasteiger charge is 2.30. The fourth-order valence-electron chi connectivity index (χ4n) is 3.22. The number of ether oxygens (including phenoxy) is 1. The summed E-state index contributed by atoms with van der Waals surface area (Å²) in [6.07, 6.45) is -0.881. The second-order valence-corrected chi connectivity index (χ2v) is 6.02. The summed E-state index contributed by atoms with van der Waals surface area (Å²) < 4.78 is 5.32. The zero-order valence-corrected chi connectivity index (χ0v) is 13.9. The largest absolute Gasteiger partial charge is 0.480 e. The van der Waals surface area contributed by atoms with Crippen LogP contribution in [0, 0.1) is 0 Å². The number of rotatable bonds is 6. The van der Waals surface area contributed by atoms with Gasteiger partial charge in [-0.1, -0.05) is 48.5 Å². The predicted molar refractivity (Wildman–Crippen MR) is 93.5 cm³/mol. The summed E-state index contributed by atoms with van der Waals surface area (Å²) in [5.41, 5.74) is 9.33. The van der Waals surface area contributed by atoms with Crippen LogP contribution in [0.15, 0.2) is 48.5 Å². The van der Waals surface area contributed by atoms with Crippen molar-refractivity contribution in [2.45, 2.75) is 5.92 Å². The molecule has 0 atom stereocenters. The Kier molecular flexibility index (Phi) is 4.88. The van der Waals surface area contributed by atoms with Crippen molar-refractivity contribution < 1.29 is 24.2 Å². The molecule has 0 saturated carbocycles. The average Bonchev–Trinajstić information content (AvgIpc) is 2.92. The number of nitrogens with zero attached hydrogens (tertiary/aromatic N) is 1. The van der Waals surface area contributed by atoms with Gasteiger partial charge in [-0.2, -0.15) is 0 Å². The van der Waals surface area contributed by atoms with Crippen LogP contribution in [0.1, 0.15) is 17.0 Å². The summed E-state index contributed by atoms with van der Waals surface area (Å²) in [7, 11) is 0. The van der Waals surface area contributed by atoms with Crippen molar-refractivity contribution in [3.8, 4) is 11.1 Å². The molecule has 2 aromatic rings. The molecule has 0 aliphatic heterocycles. The first-order valence-electron chi connectivity index (χ1n) is 8.07. The minimum absolute atomic E-state index is 0.0434. The van der Waals surface area contributed by atoms with Gasteiger partial charge in [0.25, 0.3) is 0 Å². The molecule has 0 radical (unpaired) electrons. The van der Waals surface area contributed by atoms with E-state index in [2.05, 4.69) is 0 Å². The van der Waals surface area contributed by atoms with E-state index < -0.39 is 31.1 Å². The SMILES string of the molecule is NC(=O)CN(CC(=O)O)C(=O)OCC1c2ccccc2-c2ccccc21. The summed E-state index contributed by atoms with van der Waals surface area (Å²) in [6.45, 7) is -1.12. The lowest BCUT2D eigenvalue weighted by molar-refractivity contribution is -0.138. The number of primary amides is 1. The first kappa shape index (κ1) is 17.5. The number of carbonyl (C=O) groups is 3. The quantitative estimate of drug-likeness (QED) is 0.822. The number of fused-ring (bicyclic) bond motifs is 3. The van der Waals surface area contributed by atoms with Crippen molar-refractivity contribution >= 4 is 18.0 Å². The van der Waals surface area contributed by atoms with Gasteiger partial charge in [0.2, 0.25) is 5.91 Å². The lowest BCUT2D eigenvalue weighted by Crippen LogP contribution is -2.42. The van der Waals surface area contributed by atoms with E-state index >= 15 is 0 Å². The maximum absolute atomic E-state index is 12.2. The molecule has 3 N–H and O–H groups in total. The highest BCUT2D eigenvalue weighted by molar-refractivity contribution is 5.84. The van der Waals surface area contributed by atoms with Crippen LogP contribution < -0.4 is 5.73 Å². The molecule has 26 heavy (non-hydrogen) atoms. The van der Waals surface area contributed by atoms with Gasteiger partial charge in [-0.25, -0.2) is 4.79 Å². The van der Waals surface area contributed by atoms with Crippen LogP contribution >= 0.6 is 0 Å². The second kappa shape index (κ2) is 7.26. The zero-order valence-electron chi connectivity index (χ0n) is 13.9. The summed E-state index contributed by atoms with van der Waals surface area (Å²) in [5, 5.41) is 8.88. The molecule has 1 aliphatic rings. The van der Waals surface area contributed by atoms with E-state index in [1.807, 2.05) is 48.5 Å². The molecule has 0 heterocycles. The van der Waals surface area contributed by atoms with Crippen LogP contribution in [0.4, 0.5) is 4.79 Å². The fourth-order valence-corrected chi connectivity index (χ4v) is 3.22. The predicted octanol–water partition coefficient (Wildman–Crippen LogP) is 1.81. The number of aliphatic carboxylic acids is 1. The third-order valence-corrected chi connectivity index (χ3v) is 4.27. The molecule has 134 valence electrons. The van der Waals surface area contributed by atoms with E-state index in [4.69, 9.17) is 15.6 Å². The van der Waals surface area contributed by atoms with E-state index in [9.17, 15) is 14.4 Å². The maximum atomic E-state index is 12.2. The van der Waals surface area contributed by atoms with Crippen molar-refractivity contribution in [3.63, 3.8) is 0 Å². The molecular formula is C19H18N2O5. The molecule has 0 fully saturated rings. The third kappa shape index (κ3) is 3.51. The fraction of sp³-hybridized carbons (Fsp3) is 0.211. The van der Waals surface area contributed by atoms with Crippen molar-refractivity contribution in [1.29, 1.82) is 0 Å². The van der Waals surface area contributed by atoms with Gasteiger partial charge < -0.3 is 15.6 Å². The molecule has 7 heteroatoms. The zero-order chi connectivity index (χ0) is 18.7. The topological polar surface area (TPSA) is 110 Å². The Morgan fingerprint density at radius 1 is 0.962 bits per heavy atom. The number of hydrogen-bond acceptors (Lipinski definition) is 4. The van der Waals surface area contributed by atoms with Gasteiger partial charge in [-0.05, 0) is 22.3 Å². The van der Waals surface area contributed by atoms with E-state index in [0.29, 0.717) is 0 Å². The minimum Gasteiger partial charge on any atom is -0.480 e. The Morgan fingerprint density at radius 3 is 2.00 bits per heavy atom. The smallest absolute Gasteiger partial charge is 0.410 e. The Morgan fingerprint density at radius 2 is 1.50 bits per heavy atom. The van der Waals surface area contributed by atoms with Crippen LogP contribution in [-0.4, -0.2) is 47.7 Å². The van der Waals surface area contributed by atoms with E-state index in [0.717, 1.165) is 27.2 Å². The molecule has 7 nitrogen and oxygen atoms in total. The van der Waals surface area contributed by atoms with Gasteiger partial charge in [0, 0.05) is 5.92 Å². The number of carboxylic acids is 1. The number of amides is 2. The molecule has 0 bridgehead atoms. The monoisotopic (exact) mass is 354 g/mol. The van der Waals surface area contributed by atoms with Crippen molar-refractivity contribution in [1.82, 2.24) is 4.90 Å². The summed E-state index contributed by atoms with van der Waals surface area (Å²) in [6, 6.07) is 15.7. The van der Waals surface area contributed by atoms with Gasteiger partial charge in [-0.3, -0.25) is 14.5 Å². The van der Waals surface area contributed by atoms with Crippen molar-refractivity contribution in [2.75, 3.05) is 19.7 Å². The molecule has 0 unspecified atom stereocenters. The summed E-state index contributed by atoms with van der Waals surface area (Å²) >= 11 is 0. The maximum Gasteiger partial charge on any atom is 0.410 e. The third-order valence-electron chi connectivity index (χ3n) is 4.27. The summed E-state index contributed by atoms with van der Waals surface area (Å²) in [5.74, 6) is -2.20. The number of benzene rings is 2. The molecule has 0 spiro atoms. The second-order valence-electron chi connectivity index (χ2n) is 6.02. The number of carboxylic acid groups (broad SMARTS) is 1. The highest BCUT2D eigenvalue weighted by Crippen LogP contribution is 2.44. The Bertz CT molecular complexity index is 803. The van der Waals surface area contributed by atoms with Gasteiger partial charge in [0.15, 0.2) is 0 Å². The molecule has 3 rings (SSSR count). The minimum atomic E-state index is -1.25. The molecular weight excluding hydrogens is 336 g/mol. The molecule has 1 aliphatic carbocycles. The van der Waals surface area contributed by atoms with Gasteiger partial charge in [0.1, 0.15) is 19.7 Å². The van der Waals surface area contributed by atoms with Crippen LogP contribution in [0.2, 0.25) is 0 Å². The number of carbonyl (C=O) groups excluding carboxylic acids is 2. The number of nitrogens with two attached hydrogens (primary N) is 1. The van der Waals surface area contributed by atoms with E-state index in [1.165, 1.54) is 0 Å². The summed E-state index contributed by atoms with van der Waals surface area (Å²) in [4.78, 5) is 34.9. The molecule has 2 amide bonds. The molecule has 0 aromatic heterocycles. The molecule has 0 saturated heterocycles. The van der Waals surface area contributed by atoms with E-state index in [-0.39, 0.29) is 12.5 Å². The van der Waals surface area contributed by atoms with Crippen molar-refractivity contribution in [3.05, 3.63) is 59.7 Å². The van der Waals surface area contributed by atoms with Crippen LogP contribution in [0.3, 0.4) is 0 Å². The first-order valence-corrected chi connectivity index (χ1v) is 8.07. The first-order chi connectivity index (χ1) is 12.5. The van der Waals surface area contributed by atoms with E-state index in [1.54, 1.807) is 0 Å². The van der Waals surface area contributed by atoms with Crippen LogP contribution in [0.25, 0.3) is 11.1 Å². The van der Waals surface area contributed by atoms with Gasteiger partial charge in [-0.15, -0.1) is 0 Å². The Balaban J connectivity index is 1.77. The Hall–Kier alpha value is -3.35. The van der Waals surface area contributed by atoms with Crippen LogP contribution in [0.5, 0.6) is 0 Å². The van der Waals surface area contributed by atoms with Crippen molar-refractivity contribution in [2.24, 2.45) is 5.73 Å².